The zero-order valence-electron chi connectivity index (χ0n) is 67.1. The highest BCUT2D eigenvalue weighted by molar-refractivity contribution is 7.93. The number of carbonyl (C=O) groups excluding carboxylic acids is 2. The minimum Gasteiger partial charge on any atom is -0.380 e. The number of benzene rings is 10. The average molecular weight is 1710 g/mol. The normalized spacial score (nSPS) is 11.1. The molecule has 0 aliphatic heterocycles. The lowest BCUT2D eigenvalue weighted by molar-refractivity contribution is -0.118. The number of halogens is 5. The molecule has 18 nitrogen and oxygen atoms in total. The minimum absolute atomic E-state index is 0.00221. The molecule has 2 amide bonds. The maximum absolute atomic E-state index is 12.3. The first-order chi connectivity index (χ1) is 54.3. The van der Waals surface area contributed by atoms with Crippen LogP contribution in [0.3, 0.4) is 0 Å². The van der Waals surface area contributed by atoms with E-state index in [9.17, 15) is 34.8 Å². The first-order valence-electron chi connectivity index (χ1n) is 36.6. The lowest BCUT2D eigenvalue weighted by Crippen LogP contribution is -2.32. The van der Waals surface area contributed by atoms with E-state index in [2.05, 4.69) is 0 Å². The number of anilines is 5. The molecule has 610 valence electrons. The monoisotopic (exact) mass is 1710 g/mol. The zero-order valence-corrected chi connectivity index (χ0v) is 73.4. The number of rotatable bonds is 29. The molecule has 0 aliphatic carbocycles. The second-order valence-electron chi connectivity index (χ2n) is 26.1. The quantitative estimate of drug-likeness (QED) is 0.0429. The minimum atomic E-state index is -3.32. The van der Waals surface area contributed by atoms with Crippen molar-refractivity contribution in [2.75, 3.05) is 110 Å². The van der Waals surface area contributed by atoms with Crippen molar-refractivity contribution in [2.45, 2.75) is 87.4 Å². The Kier molecular flexibility index (Phi) is 38.0. The van der Waals surface area contributed by atoms with Crippen LogP contribution in [0.1, 0.15) is 82.2 Å². The van der Waals surface area contributed by atoms with E-state index in [1.807, 2.05) is 227 Å². The molecular formula is C88H102Cl5N5O13S3. The van der Waals surface area contributed by atoms with Gasteiger partial charge in [0.25, 0.3) is 0 Å². The largest absolute Gasteiger partial charge is 0.380 e. The van der Waals surface area contributed by atoms with Gasteiger partial charge in [-0.3, -0.25) is 22.5 Å². The number of carbonyl (C=O) groups is 2. The van der Waals surface area contributed by atoms with Gasteiger partial charge in [0.05, 0.1) is 67.9 Å². The van der Waals surface area contributed by atoms with E-state index in [-0.39, 0.29) is 23.3 Å². The first kappa shape index (κ1) is 94.5. The molecule has 0 saturated heterocycles. The summed E-state index contributed by atoms with van der Waals surface area (Å²) in [6.07, 6.45) is 2.45. The van der Waals surface area contributed by atoms with Crippen LogP contribution >= 0.6 is 58.0 Å². The summed E-state index contributed by atoms with van der Waals surface area (Å²) in [5.74, 6) is 0.210. The van der Waals surface area contributed by atoms with E-state index >= 15 is 0 Å². The van der Waals surface area contributed by atoms with Gasteiger partial charge in [-0.25, -0.2) is 25.3 Å². The number of sulfonamides is 3. The molecule has 10 aromatic carbocycles. The third-order valence-electron chi connectivity index (χ3n) is 18.2. The molecule has 0 aromatic heterocycles. The standard InChI is InChI=1S/2C18H22ClNO3S.C18H20ClNO2.C17H20ClNO3S.C17H18ClNO2/c1-4-11-20(24(3,21)22)17-9-10-18(15(12-17)13-23-2)14-5-7-16(19)8-6-14;1-4-20(24(21,22)5-2)17-10-11-18(15(12-17)13-23-3)14-6-8-16(19)9-7-14;1-4-18(21)20(2)16-9-10-17(14(11-16)12-22-3)13-5-7-15(19)8-6-13;1-4-23(20,21)19(2)16-9-10-17(14(11-16)12-22-3)13-5-7-15(18)8-6-13;1-12(20)19(2)16-8-9-17(14(10-16)11-21-3)13-4-6-15(18)7-5-13/h5-10,12H,4,11,13H2,1-3H3;6-12H,4-5,13H2,1-3H3;5-11H,4,12H2,1-3H3;5-11H,4,12H2,1-3H3;4-10H,11H2,1-3H3. The summed E-state index contributed by atoms with van der Waals surface area (Å²) < 4.78 is 103. The van der Waals surface area contributed by atoms with Crippen LogP contribution in [0.2, 0.25) is 25.1 Å². The van der Waals surface area contributed by atoms with Crippen LogP contribution in [0.5, 0.6) is 0 Å². The summed E-state index contributed by atoms with van der Waals surface area (Å²) in [5, 5.41) is 3.44. The van der Waals surface area contributed by atoms with Crippen molar-refractivity contribution in [3.05, 3.63) is 265 Å². The van der Waals surface area contributed by atoms with E-state index in [4.69, 9.17) is 81.7 Å². The molecule has 0 aliphatic rings. The summed E-state index contributed by atoms with van der Waals surface area (Å²) in [5.41, 5.74) is 18.9. The molecule has 0 spiro atoms. The Hall–Kier alpha value is -8.36. The van der Waals surface area contributed by atoms with Gasteiger partial charge in [-0.2, -0.15) is 0 Å². The SMILES string of the molecule is CCC(=O)N(C)c1ccc(-c2ccc(Cl)cc2)c(COC)c1.CCCN(c1ccc(-c2ccc(Cl)cc2)c(COC)c1)S(C)(=O)=O.CCN(c1ccc(-c2ccc(Cl)cc2)c(COC)c1)S(=O)(=O)CC.CCS(=O)(=O)N(C)c1ccc(-c2ccc(Cl)cc2)c(COC)c1.COCc1cc(N(C)C(C)=O)ccc1-c1ccc(Cl)cc1. The van der Waals surface area contributed by atoms with Crippen LogP contribution in [0.4, 0.5) is 28.4 Å². The Morgan fingerprint density at radius 1 is 0.342 bits per heavy atom. The second kappa shape index (κ2) is 45.8. The van der Waals surface area contributed by atoms with Gasteiger partial charge in [-0.05, 0) is 232 Å². The summed E-state index contributed by atoms with van der Waals surface area (Å²) in [6.45, 7) is 13.5. The summed E-state index contributed by atoms with van der Waals surface area (Å²) in [4.78, 5) is 26.6. The smallest absolute Gasteiger partial charge is 0.234 e. The van der Waals surface area contributed by atoms with Crippen LogP contribution in [0.25, 0.3) is 55.6 Å². The molecule has 0 unspecified atom stereocenters. The zero-order chi connectivity index (χ0) is 84.0. The number of ether oxygens (including phenoxy) is 5. The highest BCUT2D eigenvalue weighted by Gasteiger charge is 2.23. The van der Waals surface area contributed by atoms with Gasteiger partial charge < -0.3 is 33.5 Å². The molecular weight excluding hydrogens is 1610 g/mol. The molecule has 0 bridgehead atoms. The number of hydrogen-bond donors (Lipinski definition) is 0. The summed E-state index contributed by atoms with van der Waals surface area (Å²) in [6, 6.07) is 66.8. The highest BCUT2D eigenvalue weighted by Crippen LogP contribution is 2.36. The Balaban J connectivity index is 0.000000222. The van der Waals surface area contributed by atoms with Gasteiger partial charge >= 0.3 is 0 Å². The average Bonchev–Trinajstić information content (AvgIpc) is 0.834. The third kappa shape index (κ3) is 27.1. The lowest BCUT2D eigenvalue weighted by atomic mass is 9.99. The molecule has 0 radical (unpaired) electrons. The molecule has 10 aromatic rings. The molecule has 10 rings (SSSR count). The number of hydrogen-bond acceptors (Lipinski definition) is 13. The lowest BCUT2D eigenvalue weighted by Gasteiger charge is -2.23. The van der Waals surface area contributed by atoms with Crippen molar-refractivity contribution >= 4 is 128 Å². The van der Waals surface area contributed by atoms with Crippen molar-refractivity contribution in [1.29, 1.82) is 0 Å². The van der Waals surface area contributed by atoms with Gasteiger partial charge in [-0.1, -0.05) is 163 Å². The van der Waals surface area contributed by atoms with Crippen LogP contribution < -0.4 is 22.7 Å². The second-order valence-corrected chi connectivity index (χ2v) is 34.6. The molecule has 0 N–H and O–H groups in total. The molecule has 0 saturated carbocycles. The van der Waals surface area contributed by atoms with Crippen molar-refractivity contribution in [3.63, 3.8) is 0 Å². The first-order valence-corrected chi connectivity index (χ1v) is 43.6. The van der Waals surface area contributed by atoms with Crippen molar-refractivity contribution in [2.24, 2.45) is 0 Å². The summed E-state index contributed by atoms with van der Waals surface area (Å²) in [7, 11) is 3.39. The van der Waals surface area contributed by atoms with Crippen LogP contribution in [0.15, 0.2) is 212 Å². The van der Waals surface area contributed by atoms with Crippen molar-refractivity contribution in [1.82, 2.24) is 0 Å². The van der Waals surface area contributed by atoms with E-state index in [0.717, 1.165) is 101 Å². The predicted octanol–water partition coefficient (Wildman–Crippen LogP) is 21.3. The maximum Gasteiger partial charge on any atom is 0.234 e. The van der Waals surface area contributed by atoms with Gasteiger partial charge in [0, 0.05) is 120 Å². The van der Waals surface area contributed by atoms with E-state index in [1.54, 1.807) is 93.3 Å². The Morgan fingerprint density at radius 3 is 0.842 bits per heavy atom. The van der Waals surface area contributed by atoms with Gasteiger partial charge in [0.15, 0.2) is 0 Å². The van der Waals surface area contributed by atoms with Crippen molar-refractivity contribution < 1.29 is 58.5 Å². The molecule has 0 fully saturated rings. The van der Waals surface area contributed by atoms with E-state index in [1.165, 1.54) is 19.2 Å². The molecule has 0 heterocycles. The van der Waals surface area contributed by atoms with Crippen molar-refractivity contribution in [3.8, 4) is 55.6 Å². The van der Waals surface area contributed by atoms with E-state index in [0.29, 0.717) is 94.7 Å². The van der Waals surface area contributed by atoms with Crippen LogP contribution in [-0.2, 0) is 96.4 Å². The Labute approximate surface area is 700 Å². The number of nitrogens with zero attached hydrogens (tertiary/aromatic N) is 5. The predicted molar refractivity (Wildman–Crippen MR) is 474 cm³/mol. The number of amides is 2. The van der Waals surface area contributed by atoms with Crippen LogP contribution in [-0.4, -0.2) is 125 Å². The fourth-order valence-corrected chi connectivity index (χ4v) is 15.7. The fraction of sp³-hybridized carbons (Fsp3) is 0.295. The summed E-state index contributed by atoms with van der Waals surface area (Å²) >= 11 is 29.7. The molecule has 0 atom stereocenters. The fourth-order valence-electron chi connectivity index (χ4n) is 12.1. The van der Waals surface area contributed by atoms with E-state index < -0.39 is 30.1 Å². The van der Waals surface area contributed by atoms with Crippen LogP contribution in [0, 0.1) is 0 Å². The van der Waals surface area contributed by atoms with Gasteiger partial charge in [0.2, 0.25) is 41.9 Å². The topological polar surface area (TPSA) is 199 Å². The highest BCUT2D eigenvalue weighted by atomic mass is 35.5. The number of methoxy groups -OCH3 is 5. The van der Waals surface area contributed by atoms with Gasteiger partial charge in [-0.15, -0.1) is 0 Å². The third-order valence-corrected chi connectivity index (χ3v) is 24.3. The molecule has 26 heteroatoms. The maximum atomic E-state index is 12.3. The Morgan fingerprint density at radius 2 is 0.596 bits per heavy atom. The Bertz CT molecular complexity index is 5030. The van der Waals surface area contributed by atoms with Gasteiger partial charge in [0.1, 0.15) is 0 Å². The molecule has 114 heavy (non-hydrogen) atoms.